The van der Waals surface area contributed by atoms with Crippen LogP contribution in [0.15, 0.2) is 6.07 Å². The Bertz CT molecular complexity index is 363. The Hall–Kier alpha value is -1.78. The number of pyridine rings is 1. The average molecular weight is 195 g/mol. The molecule has 5 heteroatoms. The fourth-order valence-corrected chi connectivity index (χ4v) is 1.14. The standard InChI is InChI=1S/C9H13N3O2/c1-5-3-6(2)12-9(8(5)10)11-4-7(13)14/h3H,4,10H2,1-2H3,(H,11,12)(H,13,14). The van der Waals surface area contributed by atoms with Gasteiger partial charge in [-0.3, -0.25) is 4.79 Å². The number of carboxylic acids is 1. The van der Waals surface area contributed by atoms with E-state index in [1.54, 1.807) is 0 Å². The fourth-order valence-electron chi connectivity index (χ4n) is 1.14. The van der Waals surface area contributed by atoms with E-state index in [9.17, 15) is 4.79 Å². The van der Waals surface area contributed by atoms with Crippen LogP contribution < -0.4 is 11.1 Å². The van der Waals surface area contributed by atoms with Crippen LogP contribution in [0.25, 0.3) is 0 Å². The third-order valence-electron chi connectivity index (χ3n) is 1.80. The molecule has 5 nitrogen and oxygen atoms in total. The summed E-state index contributed by atoms with van der Waals surface area (Å²) in [6, 6.07) is 1.85. The van der Waals surface area contributed by atoms with Crippen molar-refractivity contribution in [1.29, 1.82) is 0 Å². The number of nitrogens with two attached hydrogens (primary N) is 1. The number of hydrogen-bond donors (Lipinski definition) is 3. The first-order chi connectivity index (χ1) is 6.50. The number of aliphatic carboxylic acids is 1. The van der Waals surface area contributed by atoms with E-state index in [0.29, 0.717) is 11.5 Å². The molecule has 0 bridgehead atoms. The SMILES string of the molecule is Cc1cc(C)c(N)c(NCC(=O)O)n1. The molecule has 0 aromatic carbocycles. The van der Waals surface area contributed by atoms with Crippen molar-refractivity contribution >= 4 is 17.5 Å². The highest BCUT2D eigenvalue weighted by atomic mass is 16.4. The zero-order chi connectivity index (χ0) is 10.7. The number of nitrogens with one attached hydrogen (secondary N) is 1. The average Bonchev–Trinajstić information content (AvgIpc) is 2.08. The second kappa shape index (κ2) is 3.95. The first kappa shape index (κ1) is 10.3. The summed E-state index contributed by atoms with van der Waals surface area (Å²) in [6.45, 7) is 3.51. The Balaban J connectivity index is 2.90. The number of hydrogen-bond acceptors (Lipinski definition) is 4. The second-order valence-electron chi connectivity index (χ2n) is 3.09. The summed E-state index contributed by atoms with van der Waals surface area (Å²) in [5.74, 6) is -0.504. The molecule has 1 aromatic heterocycles. The molecule has 0 spiro atoms. The maximum absolute atomic E-state index is 10.3. The molecule has 0 aliphatic rings. The third kappa shape index (κ3) is 2.35. The Morgan fingerprint density at radius 2 is 2.29 bits per heavy atom. The molecule has 1 aromatic rings. The highest BCUT2D eigenvalue weighted by Crippen LogP contribution is 2.20. The molecular weight excluding hydrogens is 182 g/mol. The van der Waals surface area contributed by atoms with Crippen molar-refractivity contribution in [3.63, 3.8) is 0 Å². The third-order valence-corrected chi connectivity index (χ3v) is 1.80. The Kier molecular flexibility index (Phi) is 2.91. The zero-order valence-electron chi connectivity index (χ0n) is 8.16. The van der Waals surface area contributed by atoms with Gasteiger partial charge in [-0.05, 0) is 25.5 Å². The van der Waals surface area contributed by atoms with Gasteiger partial charge in [0.05, 0.1) is 5.69 Å². The molecule has 0 radical (unpaired) electrons. The predicted octanol–water partition coefficient (Wildman–Crippen LogP) is 0.777. The van der Waals surface area contributed by atoms with Crippen molar-refractivity contribution in [3.05, 3.63) is 17.3 Å². The number of carboxylic acid groups (broad SMARTS) is 1. The van der Waals surface area contributed by atoms with Gasteiger partial charge >= 0.3 is 5.97 Å². The monoisotopic (exact) mass is 195 g/mol. The van der Waals surface area contributed by atoms with Crippen molar-refractivity contribution < 1.29 is 9.90 Å². The summed E-state index contributed by atoms with van der Waals surface area (Å²) in [6.07, 6.45) is 0. The highest BCUT2D eigenvalue weighted by molar-refractivity contribution is 5.75. The molecule has 0 fully saturated rings. The van der Waals surface area contributed by atoms with Crippen LogP contribution in [-0.2, 0) is 4.79 Å². The molecule has 1 rings (SSSR count). The Morgan fingerprint density at radius 3 is 2.86 bits per heavy atom. The lowest BCUT2D eigenvalue weighted by Crippen LogP contribution is -2.15. The molecule has 76 valence electrons. The van der Waals surface area contributed by atoms with Gasteiger partial charge in [-0.2, -0.15) is 0 Å². The van der Waals surface area contributed by atoms with Crippen LogP contribution in [0.4, 0.5) is 11.5 Å². The molecule has 0 saturated heterocycles. The smallest absolute Gasteiger partial charge is 0.322 e. The van der Waals surface area contributed by atoms with Crippen LogP contribution in [0.5, 0.6) is 0 Å². The molecule has 14 heavy (non-hydrogen) atoms. The number of anilines is 2. The van der Waals surface area contributed by atoms with Crippen molar-refractivity contribution in [1.82, 2.24) is 4.98 Å². The minimum atomic E-state index is -0.939. The van der Waals surface area contributed by atoms with E-state index in [-0.39, 0.29) is 6.54 Å². The summed E-state index contributed by atoms with van der Waals surface area (Å²) in [7, 11) is 0. The number of aryl methyl sites for hydroxylation is 2. The molecule has 0 saturated carbocycles. The Labute approximate surface area is 82.0 Å². The van der Waals surface area contributed by atoms with Crippen molar-refractivity contribution in [2.24, 2.45) is 0 Å². The number of aromatic nitrogens is 1. The van der Waals surface area contributed by atoms with Crippen LogP contribution in [-0.4, -0.2) is 22.6 Å². The van der Waals surface area contributed by atoms with Crippen molar-refractivity contribution in [2.45, 2.75) is 13.8 Å². The molecular formula is C9H13N3O2. The van der Waals surface area contributed by atoms with Gasteiger partial charge in [0.2, 0.25) is 0 Å². The molecule has 0 amide bonds. The normalized spacial score (nSPS) is 9.86. The summed E-state index contributed by atoms with van der Waals surface area (Å²) in [5, 5.41) is 11.1. The molecule has 0 aliphatic heterocycles. The minimum absolute atomic E-state index is 0.180. The predicted molar refractivity (Wildman–Crippen MR) is 54.2 cm³/mol. The lowest BCUT2D eigenvalue weighted by atomic mass is 10.2. The summed E-state index contributed by atoms with van der Waals surface area (Å²) in [4.78, 5) is 14.4. The van der Waals surface area contributed by atoms with E-state index in [2.05, 4.69) is 10.3 Å². The van der Waals surface area contributed by atoms with Gasteiger partial charge in [0.25, 0.3) is 0 Å². The summed E-state index contributed by atoms with van der Waals surface area (Å²) < 4.78 is 0. The van der Waals surface area contributed by atoms with Gasteiger partial charge in [0, 0.05) is 5.69 Å². The van der Waals surface area contributed by atoms with E-state index in [4.69, 9.17) is 10.8 Å². The number of nitrogens with zero attached hydrogens (tertiary/aromatic N) is 1. The molecule has 0 atom stereocenters. The van der Waals surface area contributed by atoms with Crippen molar-refractivity contribution in [2.75, 3.05) is 17.6 Å². The molecule has 1 heterocycles. The van der Waals surface area contributed by atoms with Crippen LogP contribution in [0.1, 0.15) is 11.3 Å². The van der Waals surface area contributed by atoms with Gasteiger partial charge < -0.3 is 16.2 Å². The first-order valence-corrected chi connectivity index (χ1v) is 4.20. The van der Waals surface area contributed by atoms with Gasteiger partial charge in [-0.15, -0.1) is 0 Å². The molecule has 4 N–H and O–H groups in total. The fraction of sp³-hybridized carbons (Fsp3) is 0.333. The lowest BCUT2D eigenvalue weighted by Gasteiger charge is -2.09. The van der Waals surface area contributed by atoms with Crippen LogP contribution in [0.3, 0.4) is 0 Å². The van der Waals surface area contributed by atoms with Gasteiger partial charge in [0.15, 0.2) is 0 Å². The maximum atomic E-state index is 10.3. The maximum Gasteiger partial charge on any atom is 0.322 e. The van der Waals surface area contributed by atoms with Gasteiger partial charge in [-0.25, -0.2) is 4.98 Å². The lowest BCUT2D eigenvalue weighted by molar-refractivity contribution is -0.134. The van der Waals surface area contributed by atoms with E-state index < -0.39 is 5.97 Å². The summed E-state index contributed by atoms with van der Waals surface area (Å²) >= 11 is 0. The van der Waals surface area contributed by atoms with Crippen molar-refractivity contribution in [3.8, 4) is 0 Å². The van der Waals surface area contributed by atoms with E-state index in [1.165, 1.54) is 0 Å². The topological polar surface area (TPSA) is 88.2 Å². The largest absolute Gasteiger partial charge is 0.480 e. The highest BCUT2D eigenvalue weighted by Gasteiger charge is 2.05. The summed E-state index contributed by atoms with van der Waals surface area (Å²) in [5.41, 5.74) is 7.92. The van der Waals surface area contributed by atoms with E-state index in [0.717, 1.165) is 11.3 Å². The van der Waals surface area contributed by atoms with E-state index in [1.807, 2.05) is 19.9 Å². The molecule has 0 aliphatic carbocycles. The van der Waals surface area contributed by atoms with Crippen LogP contribution in [0, 0.1) is 13.8 Å². The van der Waals surface area contributed by atoms with E-state index >= 15 is 0 Å². The van der Waals surface area contributed by atoms with Crippen LogP contribution >= 0.6 is 0 Å². The number of nitrogen functional groups attached to an aromatic ring is 1. The zero-order valence-corrected chi connectivity index (χ0v) is 8.16. The minimum Gasteiger partial charge on any atom is -0.480 e. The van der Waals surface area contributed by atoms with Crippen LogP contribution in [0.2, 0.25) is 0 Å². The number of rotatable bonds is 3. The first-order valence-electron chi connectivity index (χ1n) is 4.20. The van der Waals surface area contributed by atoms with Gasteiger partial charge in [0.1, 0.15) is 12.4 Å². The molecule has 0 unspecified atom stereocenters. The number of carbonyl (C=O) groups is 1. The Morgan fingerprint density at radius 1 is 1.64 bits per heavy atom. The second-order valence-corrected chi connectivity index (χ2v) is 3.09. The quantitative estimate of drug-likeness (QED) is 0.663. The van der Waals surface area contributed by atoms with Gasteiger partial charge in [-0.1, -0.05) is 0 Å².